The highest BCUT2D eigenvalue weighted by molar-refractivity contribution is 6.39. The van der Waals surface area contributed by atoms with Crippen LogP contribution in [0.4, 0.5) is 10.1 Å². The van der Waals surface area contributed by atoms with E-state index in [0.717, 1.165) is 6.42 Å². The Hall–Kier alpha value is -3.36. The quantitative estimate of drug-likeness (QED) is 0.615. The van der Waals surface area contributed by atoms with Crippen molar-refractivity contribution in [2.24, 2.45) is 11.7 Å². The van der Waals surface area contributed by atoms with Crippen LogP contribution in [0.1, 0.15) is 41.7 Å². The van der Waals surface area contributed by atoms with Gasteiger partial charge in [-0.1, -0.05) is 13.0 Å². The average molecular weight is 385 g/mol. The number of likely N-dealkylation sites (tertiary alicyclic amines) is 1. The number of carbonyl (C=O) groups is 3. The van der Waals surface area contributed by atoms with E-state index >= 15 is 0 Å². The molecule has 3 N–H and O–H groups in total. The van der Waals surface area contributed by atoms with E-state index in [1.807, 2.05) is 6.92 Å². The highest BCUT2D eigenvalue weighted by Gasteiger charge is 2.34. The zero-order valence-corrected chi connectivity index (χ0v) is 15.3. The maximum Gasteiger partial charge on any atom is 0.313 e. The Morgan fingerprint density at radius 2 is 2.00 bits per heavy atom. The molecular formula is C19H20FN5O3. The Morgan fingerprint density at radius 1 is 1.21 bits per heavy atom. The number of nitrogens with one attached hydrogen (secondary N) is 1. The fraction of sp³-hybridized carbons (Fsp3) is 0.316. The van der Waals surface area contributed by atoms with E-state index in [1.54, 1.807) is 6.07 Å². The minimum absolute atomic E-state index is 0.118. The molecule has 3 heterocycles. The Balaban J connectivity index is 1.79. The zero-order chi connectivity index (χ0) is 20.3. The van der Waals surface area contributed by atoms with Gasteiger partial charge in [-0.2, -0.15) is 4.39 Å². The van der Waals surface area contributed by atoms with Gasteiger partial charge < -0.3 is 16.0 Å². The Kier molecular flexibility index (Phi) is 5.62. The topological polar surface area (TPSA) is 118 Å². The van der Waals surface area contributed by atoms with Gasteiger partial charge in [0.1, 0.15) is 0 Å². The maximum absolute atomic E-state index is 13.1. The van der Waals surface area contributed by atoms with Crippen molar-refractivity contribution in [3.05, 3.63) is 53.9 Å². The van der Waals surface area contributed by atoms with E-state index in [0.29, 0.717) is 18.5 Å². The van der Waals surface area contributed by atoms with Crippen LogP contribution in [0, 0.1) is 11.9 Å². The summed E-state index contributed by atoms with van der Waals surface area (Å²) in [7, 11) is 0. The summed E-state index contributed by atoms with van der Waals surface area (Å²) in [4.78, 5) is 45.5. The summed E-state index contributed by atoms with van der Waals surface area (Å²) >= 11 is 0. The third kappa shape index (κ3) is 4.30. The van der Waals surface area contributed by atoms with Gasteiger partial charge in [-0.05, 0) is 36.5 Å². The summed E-state index contributed by atoms with van der Waals surface area (Å²) in [5.74, 6) is -2.64. The molecule has 1 saturated heterocycles. The number of nitrogens with two attached hydrogens (primary N) is 1. The number of amides is 3. The van der Waals surface area contributed by atoms with Crippen LogP contribution in [0.15, 0.2) is 36.8 Å². The third-order valence-corrected chi connectivity index (χ3v) is 4.69. The van der Waals surface area contributed by atoms with Crippen LogP contribution in [0.3, 0.4) is 0 Å². The summed E-state index contributed by atoms with van der Waals surface area (Å²) < 4.78 is 13.1. The van der Waals surface area contributed by atoms with Crippen LogP contribution in [0.5, 0.6) is 0 Å². The molecule has 2 aromatic heterocycles. The van der Waals surface area contributed by atoms with E-state index in [4.69, 9.17) is 5.73 Å². The lowest BCUT2D eigenvalue weighted by atomic mass is 9.90. The summed E-state index contributed by atoms with van der Waals surface area (Å²) in [5, 5.41) is 2.45. The number of anilines is 1. The lowest BCUT2D eigenvalue weighted by Gasteiger charge is -2.38. The lowest BCUT2D eigenvalue weighted by Crippen LogP contribution is -2.46. The van der Waals surface area contributed by atoms with Gasteiger partial charge in [-0.3, -0.25) is 19.4 Å². The molecule has 1 aliphatic rings. The number of aromatic nitrogens is 2. The third-order valence-electron chi connectivity index (χ3n) is 4.69. The normalized spacial score (nSPS) is 19.1. The number of piperidine rings is 1. The van der Waals surface area contributed by atoms with Gasteiger partial charge in [0, 0.05) is 18.9 Å². The second kappa shape index (κ2) is 8.12. The summed E-state index contributed by atoms with van der Waals surface area (Å²) in [5.41, 5.74) is 6.18. The van der Waals surface area contributed by atoms with Crippen molar-refractivity contribution in [2.75, 3.05) is 11.9 Å². The second-order valence-electron chi connectivity index (χ2n) is 6.85. The summed E-state index contributed by atoms with van der Waals surface area (Å²) in [6.45, 7) is 2.39. The first-order valence-corrected chi connectivity index (χ1v) is 8.83. The number of carbonyl (C=O) groups excluding carboxylic acids is 3. The van der Waals surface area contributed by atoms with Gasteiger partial charge in [0.2, 0.25) is 11.9 Å². The smallest absolute Gasteiger partial charge is 0.313 e. The van der Waals surface area contributed by atoms with Crippen LogP contribution in [0.2, 0.25) is 0 Å². The molecule has 8 nitrogen and oxygen atoms in total. The summed E-state index contributed by atoms with van der Waals surface area (Å²) in [6.07, 6.45) is 5.49. The average Bonchev–Trinajstić information content (AvgIpc) is 2.68. The van der Waals surface area contributed by atoms with Gasteiger partial charge in [-0.15, -0.1) is 0 Å². The minimum Gasteiger partial charge on any atom is -0.366 e. The van der Waals surface area contributed by atoms with E-state index in [2.05, 4.69) is 15.3 Å². The van der Waals surface area contributed by atoms with Crippen molar-refractivity contribution in [2.45, 2.75) is 25.8 Å². The molecule has 9 heteroatoms. The van der Waals surface area contributed by atoms with Gasteiger partial charge in [0.05, 0.1) is 23.5 Å². The van der Waals surface area contributed by atoms with Crippen molar-refractivity contribution < 1.29 is 18.8 Å². The van der Waals surface area contributed by atoms with Gasteiger partial charge in [-0.25, -0.2) is 4.98 Å². The second-order valence-corrected chi connectivity index (χ2v) is 6.85. The Labute approximate surface area is 161 Å². The number of pyridine rings is 2. The molecular weight excluding hydrogens is 365 g/mol. The molecule has 3 rings (SSSR count). The molecule has 0 spiro atoms. The van der Waals surface area contributed by atoms with Crippen molar-refractivity contribution in [3.63, 3.8) is 0 Å². The molecule has 1 aliphatic heterocycles. The molecule has 1 fully saturated rings. The molecule has 3 amide bonds. The van der Waals surface area contributed by atoms with E-state index in [9.17, 15) is 18.8 Å². The number of hydrogen-bond acceptors (Lipinski definition) is 5. The zero-order valence-electron chi connectivity index (χ0n) is 15.3. The van der Waals surface area contributed by atoms with Crippen LogP contribution >= 0.6 is 0 Å². The standard InChI is InChI=1S/C19H20FN5O3/c1-11-2-4-15(12-3-5-16(20)23-8-12)25(10-11)19(28)18(27)24-14-6-13(17(21)26)7-22-9-14/h3,5-9,11,15H,2,4,10H2,1H3,(H2,21,26)(H,24,27)/t11-,15+/m1/s1. The van der Waals surface area contributed by atoms with Gasteiger partial charge in [0.15, 0.2) is 0 Å². The Morgan fingerprint density at radius 3 is 2.68 bits per heavy atom. The number of primary amides is 1. The highest BCUT2D eigenvalue weighted by Crippen LogP contribution is 2.33. The van der Waals surface area contributed by atoms with E-state index < -0.39 is 23.7 Å². The molecule has 0 unspecified atom stereocenters. The number of rotatable bonds is 3. The Bertz CT molecular complexity index is 903. The van der Waals surface area contributed by atoms with Crippen molar-refractivity contribution in [1.82, 2.24) is 14.9 Å². The van der Waals surface area contributed by atoms with Crippen molar-refractivity contribution >= 4 is 23.4 Å². The molecule has 2 aromatic rings. The minimum atomic E-state index is -0.849. The molecule has 0 radical (unpaired) electrons. The van der Waals surface area contributed by atoms with E-state index in [-0.39, 0.29) is 23.2 Å². The van der Waals surface area contributed by atoms with Gasteiger partial charge >= 0.3 is 11.8 Å². The van der Waals surface area contributed by atoms with Crippen molar-refractivity contribution in [3.8, 4) is 0 Å². The summed E-state index contributed by atoms with van der Waals surface area (Å²) in [6, 6.07) is 3.79. The first kappa shape index (κ1) is 19.4. The van der Waals surface area contributed by atoms with E-state index in [1.165, 1.54) is 35.6 Å². The number of halogens is 1. The fourth-order valence-corrected chi connectivity index (χ4v) is 3.27. The molecule has 0 saturated carbocycles. The highest BCUT2D eigenvalue weighted by atomic mass is 19.1. The van der Waals surface area contributed by atoms with Gasteiger partial charge in [0.25, 0.3) is 0 Å². The van der Waals surface area contributed by atoms with Crippen molar-refractivity contribution in [1.29, 1.82) is 0 Å². The largest absolute Gasteiger partial charge is 0.366 e. The SMILES string of the molecule is C[C@@H]1CC[C@@H](c2ccc(F)nc2)N(C(=O)C(=O)Nc2cncc(C(N)=O)c2)C1. The van der Waals surface area contributed by atoms with Crippen LogP contribution in [-0.4, -0.2) is 39.1 Å². The fourth-order valence-electron chi connectivity index (χ4n) is 3.27. The number of nitrogens with zero attached hydrogens (tertiary/aromatic N) is 3. The van der Waals surface area contributed by atoms with Crippen LogP contribution in [0.25, 0.3) is 0 Å². The molecule has 146 valence electrons. The molecule has 28 heavy (non-hydrogen) atoms. The predicted molar refractivity (Wildman–Crippen MR) is 98.4 cm³/mol. The van der Waals surface area contributed by atoms with Crippen LogP contribution < -0.4 is 11.1 Å². The monoisotopic (exact) mass is 385 g/mol. The molecule has 0 aromatic carbocycles. The first-order valence-electron chi connectivity index (χ1n) is 8.83. The molecule has 0 bridgehead atoms. The maximum atomic E-state index is 13.1. The predicted octanol–water partition coefficient (Wildman–Crippen LogP) is 1.65. The van der Waals surface area contributed by atoms with Crippen LogP contribution in [-0.2, 0) is 9.59 Å². The first-order chi connectivity index (χ1) is 13.3. The number of hydrogen-bond donors (Lipinski definition) is 2. The molecule has 2 atom stereocenters. The lowest BCUT2D eigenvalue weighted by molar-refractivity contribution is -0.146. The molecule has 0 aliphatic carbocycles.